The monoisotopic (exact) mass is 346 g/mol. The number of aliphatic hydroxyl groups is 1. The van der Waals surface area contributed by atoms with E-state index in [1.807, 2.05) is 29.2 Å². The highest BCUT2D eigenvalue weighted by Gasteiger charge is 2.21. The smallest absolute Gasteiger partial charge is 0.238 e. The number of halogens is 1. The zero-order valence-corrected chi connectivity index (χ0v) is 11.6. The number of benzene rings is 1. The van der Waals surface area contributed by atoms with Crippen LogP contribution in [0.5, 0.6) is 0 Å². The molecular formula is C12H15IN2O2. The predicted octanol–water partition coefficient (Wildman–Crippen LogP) is 1.30. The van der Waals surface area contributed by atoms with Crippen molar-refractivity contribution in [3.63, 3.8) is 0 Å². The number of amides is 1. The summed E-state index contributed by atoms with van der Waals surface area (Å²) in [5.41, 5.74) is 0.815. The van der Waals surface area contributed by atoms with Crippen LogP contribution in [0.15, 0.2) is 24.3 Å². The van der Waals surface area contributed by atoms with Crippen molar-refractivity contribution in [3.8, 4) is 0 Å². The molecule has 1 saturated heterocycles. The molecule has 1 aliphatic heterocycles. The first-order chi connectivity index (χ1) is 8.13. The number of rotatable bonds is 3. The third-order valence-electron chi connectivity index (χ3n) is 2.74. The molecule has 17 heavy (non-hydrogen) atoms. The van der Waals surface area contributed by atoms with E-state index in [2.05, 4.69) is 27.9 Å². The van der Waals surface area contributed by atoms with Crippen molar-refractivity contribution in [1.82, 2.24) is 4.90 Å². The number of nitrogens with zero attached hydrogens (tertiary/aromatic N) is 1. The average Bonchev–Trinajstić information content (AvgIpc) is 2.67. The molecule has 0 aliphatic carbocycles. The number of carbonyl (C=O) groups is 1. The minimum Gasteiger partial charge on any atom is -0.392 e. The van der Waals surface area contributed by atoms with Crippen LogP contribution in [0.3, 0.4) is 0 Å². The fraction of sp³-hybridized carbons (Fsp3) is 0.417. The standard InChI is InChI=1S/C12H15IN2O2/c13-9-1-3-10(4-2-9)14-12(17)8-15-6-5-11(16)7-15/h1-4,11,16H,5-8H2,(H,14,17)/t11-/m0/s1. The highest BCUT2D eigenvalue weighted by molar-refractivity contribution is 14.1. The Kier molecular flexibility index (Phi) is 4.36. The van der Waals surface area contributed by atoms with E-state index in [4.69, 9.17) is 0 Å². The number of carbonyl (C=O) groups excluding carboxylic acids is 1. The lowest BCUT2D eigenvalue weighted by atomic mass is 10.3. The van der Waals surface area contributed by atoms with Gasteiger partial charge in [0.1, 0.15) is 0 Å². The first kappa shape index (κ1) is 12.8. The molecule has 0 saturated carbocycles. The van der Waals surface area contributed by atoms with E-state index in [0.717, 1.165) is 22.2 Å². The van der Waals surface area contributed by atoms with Crippen LogP contribution in [-0.4, -0.2) is 41.7 Å². The molecule has 1 fully saturated rings. The van der Waals surface area contributed by atoms with Crippen molar-refractivity contribution < 1.29 is 9.90 Å². The maximum atomic E-state index is 11.7. The molecular weight excluding hydrogens is 331 g/mol. The van der Waals surface area contributed by atoms with Crippen molar-refractivity contribution in [2.75, 3.05) is 25.0 Å². The molecule has 1 atom stereocenters. The molecule has 0 spiro atoms. The molecule has 1 aromatic carbocycles. The second-order valence-electron chi connectivity index (χ2n) is 4.23. The summed E-state index contributed by atoms with van der Waals surface area (Å²) in [5, 5.41) is 12.2. The van der Waals surface area contributed by atoms with Crippen LogP contribution in [-0.2, 0) is 4.79 Å². The van der Waals surface area contributed by atoms with E-state index in [1.165, 1.54) is 0 Å². The Morgan fingerprint density at radius 1 is 1.47 bits per heavy atom. The van der Waals surface area contributed by atoms with E-state index in [0.29, 0.717) is 13.1 Å². The maximum Gasteiger partial charge on any atom is 0.238 e. The molecule has 92 valence electrons. The summed E-state index contributed by atoms with van der Waals surface area (Å²) < 4.78 is 1.14. The number of aliphatic hydroxyl groups excluding tert-OH is 1. The van der Waals surface area contributed by atoms with Gasteiger partial charge in [-0.3, -0.25) is 9.69 Å². The zero-order chi connectivity index (χ0) is 12.3. The minimum atomic E-state index is -0.277. The van der Waals surface area contributed by atoms with Gasteiger partial charge in [-0.15, -0.1) is 0 Å². The summed E-state index contributed by atoms with van der Waals surface area (Å²) in [4.78, 5) is 13.7. The highest BCUT2D eigenvalue weighted by atomic mass is 127. The Morgan fingerprint density at radius 3 is 2.76 bits per heavy atom. The summed E-state index contributed by atoms with van der Waals surface area (Å²) >= 11 is 2.22. The van der Waals surface area contributed by atoms with Crippen LogP contribution in [0, 0.1) is 3.57 Å². The van der Waals surface area contributed by atoms with Gasteiger partial charge >= 0.3 is 0 Å². The minimum absolute atomic E-state index is 0.0275. The van der Waals surface area contributed by atoms with Crippen molar-refractivity contribution >= 4 is 34.2 Å². The maximum absolute atomic E-state index is 11.7. The van der Waals surface area contributed by atoms with Gasteiger partial charge in [0, 0.05) is 22.3 Å². The summed E-state index contributed by atoms with van der Waals surface area (Å²) in [5.74, 6) is -0.0275. The van der Waals surface area contributed by atoms with Crippen molar-refractivity contribution in [2.24, 2.45) is 0 Å². The largest absolute Gasteiger partial charge is 0.392 e. The van der Waals surface area contributed by atoms with Gasteiger partial charge in [-0.05, 0) is 53.3 Å². The summed E-state index contributed by atoms with van der Waals surface area (Å²) in [7, 11) is 0. The van der Waals surface area contributed by atoms with Crippen molar-refractivity contribution in [1.29, 1.82) is 0 Å². The number of hydrogen-bond donors (Lipinski definition) is 2. The third-order valence-corrected chi connectivity index (χ3v) is 3.46. The number of anilines is 1. The van der Waals surface area contributed by atoms with Crippen LogP contribution in [0.1, 0.15) is 6.42 Å². The number of likely N-dealkylation sites (tertiary alicyclic amines) is 1. The van der Waals surface area contributed by atoms with Crippen LogP contribution < -0.4 is 5.32 Å². The number of β-amino-alcohol motifs (C(OH)–C–C–N with tert-alkyl or cyclic N) is 1. The zero-order valence-electron chi connectivity index (χ0n) is 9.40. The van der Waals surface area contributed by atoms with Crippen LogP contribution in [0.25, 0.3) is 0 Å². The van der Waals surface area contributed by atoms with Gasteiger partial charge in [0.2, 0.25) is 5.91 Å². The van der Waals surface area contributed by atoms with Gasteiger partial charge < -0.3 is 10.4 Å². The van der Waals surface area contributed by atoms with Gasteiger partial charge in [0.05, 0.1) is 12.6 Å². The fourth-order valence-electron chi connectivity index (χ4n) is 1.89. The molecule has 1 aliphatic rings. The Balaban J connectivity index is 1.83. The van der Waals surface area contributed by atoms with Gasteiger partial charge in [0.25, 0.3) is 0 Å². The lowest BCUT2D eigenvalue weighted by Crippen LogP contribution is -2.32. The molecule has 0 radical (unpaired) electrons. The molecule has 1 aromatic rings. The molecule has 1 amide bonds. The molecule has 2 N–H and O–H groups in total. The van der Waals surface area contributed by atoms with Gasteiger partial charge in [-0.2, -0.15) is 0 Å². The normalized spacial score (nSPS) is 20.5. The first-order valence-electron chi connectivity index (χ1n) is 5.59. The second-order valence-corrected chi connectivity index (χ2v) is 5.48. The number of hydrogen-bond acceptors (Lipinski definition) is 3. The molecule has 5 heteroatoms. The first-order valence-corrected chi connectivity index (χ1v) is 6.67. The Morgan fingerprint density at radius 2 is 2.18 bits per heavy atom. The molecule has 4 nitrogen and oxygen atoms in total. The Hall–Kier alpha value is -0.660. The van der Waals surface area contributed by atoms with Gasteiger partial charge in [0.15, 0.2) is 0 Å². The molecule has 0 unspecified atom stereocenters. The molecule has 1 heterocycles. The molecule has 0 aromatic heterocycles. The Bertz CT molecular complexity index is 394. The summed E-state index contributed by atoms with van der Waals surface area (Å²) in [6, 6.07) is 7.68. The van der Waals surface area contributed by atoms with Gasteiger partial charge in [-0.1, -0.05) is 0 Å². The van der Waals surface area contributed by atoms with E-state index < -0.39 is 0 Å². The predicted molar refractivity (Wildman–Crippen MR) is 74.9 cm³/mol. The van der Waals surface area contributed by atoms with Crippen molar-refractivity contribution in [2.45, 2.75) is 12.5 Å². The fourth-order valence-corrected chi connectivity index (χ4v) is 2.25. The third kappa shape index (κ3) is 3.93. The number of nitrogens with one attached hydrogen (secondary N) is 1. The van der Waals surface area contributed by atoms with E-state index in [9.17, 15) is 9.90 Å². The van der Waals surface area contributed by atoms with E-state index >= 15 is 0 Å². The lowest BCUT2D eigenvalue weighted by molar-refractivity contribution is -0.117. The topological polar surface area (TPSA) is 52.6 Å². The van der Waals surface area contributed by atoms with E-state index in [-0.39, 0.29) is 12.0 Å². The quantitative estimate of drug-likeness (QED) is 0.812. The molecule has 0 bridgehead atoms. The van der Waals surface area contributed by atoms with Gasteiger partial charge in [-0.25, -0.2) is 0 Å². The summed E-state index contributed by atoms with van der Waals surface area (Å²) in [6.45, 7) is 1.74. The Labute approximate surface area is 114 Å². The summed E-state index contributed by atoms with van der Waals surface area (Å²) in [6.07, 6.45) is 0.484. The second kappa shape index (κ2) is 5.79. The van der Waals surface area contributed by atoms with Crippen LogP contribution in [0.4, 0.5) is 5.69 Å². The average molecular weight is 346 g/mol. The van der Waals surface area contributed by atoms with Crippen LogP contribution in [0.2, 0.25) is 0 Å². The highest BCUT2D eigenvalue weighted by Crippen LogP contribution is 2.12. The SMILES string of the molecule is O=C(CN1CC[C@H](O)C1)Nc1ccc(I)cc1. The lowest BCUT2D eigenvalue weighted by Gasteiger charge is -2.14. The molecule has 2 rings (SSSR count). The van der Waals surface area contributed by atoms with Crippen molar-refractivity contribution in [3.05, 3.63) is 27.8 Å². The van der Waals surface area contributed by atoms with E-state index in [1.54, 1.807) is 0 Å². The van der Waals surface area contributed by atoms with Crippen LogP contribution >= 0.6 is 22.6 Å².